The lowest BCUT2D eigenvalue weighted by atomic mass is 10.3. The lowest BCUT2D eigenvalue weighted by molar-refractivity contribution is 0.0940. The van der Waals surface area contributed by atoms with Gasteiger partial charge in [-0.05, 0) is 19.1 Å². The minimum Gasteiger partial charge on any atom is -0.383 e. The van der Waals surface area contributed by atoms with E-state index in [-0.39, 0.29) is 11.7 Å². The predicted molar refractivity (Wildman–Crippen MR) is 58.5 cm³/mol. The summed E-state index contributed by atoms with van der Waals surface area (Å²) in [6, 6.07) is 3.32. The molecule has 0 fully saturated rings. The van der Waals surface area contributed by atoms with Gasteiger partial charge in [0.25, 0.3) is 5.91 Å². The Balaban J connectivity index is 2.54. The van der Waals surface area contributed by atoms with Crippen LogP contribution < -0.4 is 5.32 Å². The summed E-state index contributed by atoms with van der Waals surface area (Å²) in [6.45, 7) is 2.44. The van der Waals surface area contributed by atoms with Crippen LogP contribution in [0.5, 0.6) is 0 Å². The van der Waals surface area contributed by atoms with Crippen molar-refractivity contribution in [3.05, 3.63) is 21.9 Å². The van der Waals surface area contributed by atoms with Crippen LogP contribution in [0.2, 0.25) is 0 Å². The second-order valence-corrected chi connectivity index (χ2v) is 4.05. The van der Waals surface area contributed by atoms with Gasteiger partial charge in [-0.15, -0.1) is 11.3 Å². The van der Waals surface area contributed by atoms with Crippen molar-refractivity contribution in [1.82, 2.24) is 5.32 Å². The largest absolute Gasteiger partial charge is 0.383 e. The quantitative estimate of drug-likeness (QED) is 0.610. The topological polar surface area (TPSA) is 55.4 Å². The van der Waals surface area contributed by atoms with Gasteiger partial charge in [-0.3, -0.25) is 9.59 Å². The number of nitrogens with one attached hydrogen (secondary N) is 1. The Morgan fingerprint density at radius 1 is 1.40 bits per heavy atom. The van der Waals surface area contributed by atoms with E-state index in [0.717, 1.165) is 0 Å². The molecule has 0 unspecified atom stereocenters. The van der Waals surface area contributed by atoms with Gasteiger partial charge in [0.15, 0.2) is 5.78 Å². The van der Waals surface area contributed by atoms with Crippen LogP contribution in [0.4, 0.5) is 0 Å². The lowest BCUT2D eigenvalue weighted by Gasteiger charge is -2.01. The SMILES string of the molecule is COCCNC(=O)c1ccc(C(C)=O)s1. The normalized spacial score (nSPS) is 10.0. The van der Waals surface area contributed by atoms with Crippen molar-refractivity contribution in [1.29, 1.82) is 0 Å². The van der Waals surface area contributed by atoms with Gasteiger partial charge in [-0.25, -0.2) is 0 Å². The number of ketones is 1. The smallest absolute Gasteiger partial charge is 0.261 e. The third-order valence-corrected chi connectivity index (χ3v) is 2.95. The van der Waals surface area contributed by atoms with Crippen molar-refractivity contribution in [2.45, 2.75) is 6.92 Å². The highest BCUT2D eigenvalue weighted by atomic mass is 32.1. The highest BCUT2D eigenvalue weighted by Gasteiger charge is 2.10. The molecular formula is C10H13NO3S. The summed E-state index contributed by atoms with van der Waals surface area (Å²) in [5.41, 5.74) is 0. The van der Waals surface area contributed by atoms with E-state index in [9.17, 15) is 9.59 Å². The zero-order valence-corrected chi connectivity index (χ0v) is 9.52. The number of rotatable bonds is 5. The van der Waals surface area contributed by atoms with E-state index in [1.807, 2.05) is 0 Å². The molecule has 1 rings (SSSR count). The van der Waals surface area contributed by atoms with Crippen molar-refractivity contribution in [2.24, 2.45) is 0 Å². The molecule has 0 radical (unpaired) electrons. The van der Waals surface area contributed by atoms with E-state index >= 15 is 0 Å². The van der Waals surface area contributed by atoms with Gasteiger partial charge >= 0.3 is 0 Å². The number of hydrogen-bond donors (Lipinski definition) is 1. The molecule has 15 heavy (non-hydrogen) atoms. The molecule has 0 aliphatic rings. The third-order valence-electron chi connectivity index (χ3n) is 1.77. The average molecular weight is 227 g/mol. The Kier molecular flexibility index (Phi) is 4.45. The first kappa shape index (κ1) is 11.9. The van der Waals surface area contributed by atoms with E-state index in [2.05, 4.69) is 5.32 Å². The van der Waals surface area contributed by atoms with Crippen molar-refractivity contribution < 1.29 is 14.3 Å². The van der Waals surface area contributed by atoms with Crippen LogP contribution in [-0.4, -0.2) is 32.0 Å². The molecule has 1 N–H and O–H groups in total. The van der Waals surface area contributed by atoms with Crippen molar-refractivity contribution >= 4 is 23.0 Å². The number of carbonyl (C=O) groups excluding carboxylic acids is 2. The molecule has 1 aromatic rings. The molecule has 0 spiro atoms. The molecule has 1 aromatic heterocycles. The van der Waals surface area contributed by atoms with Crippen LogP contribution in [0.25, 0.3) is 0 Å². The van der Waals surface area contributed by atoms with Gasteiger partial charge in [0.2, 0.25) is 0 Å². The number of amides is 1. The molecule has 1 amide bonds. The lowest BCUT2D eigenvalue weighted by Crippen LogP contribution is -2.26. The van der Waals surface area contributed by atoms with Gasteiger partial charge in [-0.1, -0.05) is 0 Å². The van der Waals surface area contributed by atoms with Gasteiger partial charge in [0.05, 0.1) is 16.4 Å². The summed E-state index contributed by atoms with van der Waals surface area (Å²) in [6.07, 6.45) is 0. The van der Waals surface area contributed by atoms with Crippen molar-refractivity contribution in [2.75, 3.05) is 20.3 Å². The second kappa shape index (κ2) is 5.63. The maximum absolute atomic E-state index is 11.5. The van der Waals surface area contributed by atoms with Crippen LogP contribution >= 0.6 is 11.3 Å². The van der Waals surface area contributed by atoms with Gasteiger partial charge in [0.1, 0.15) is 0 Å². The van der Waals surface area contributed by atoms with Crippen LogP contribution in [0, 0.1) is 0 Å². The Morgan fingerprint density at radius 2 is 2.07 bits per heavy atom. The zero-order chi connectivity index (χ0) is 11.3. The highest BCUT2D eigenvalue weighted by Crippen LogP contribution is 2.16. The number of carbonyl (C=O) groups is 2. The van der Waals surface area contributed by atoms with E-state index < -0.39 is 0 Å². The van der Waals surface area contributed by atoms with Crippen molar-refractivity contribution in [3.63, 3.8) is 0 Å². The first-order chi connectivity index (χ1) is 7.15. The first-order valence-corrected chi connectivity index (χ1v) is 5.34. The summed E-state index contributed by atoms with van der Waals surface area (Å²) in [5.74, 6) is -0.180. The van der Waals surface area contributed by atoms with Crippen LogP contribution in [0.3, 0.4) is 0 Å². The van der Waals surface area contributed by atoms with Crippen LogP contribution in [-0.2, 0) is 4.74 Å². The molecule has 1 heterocycles. The minimum atomic E-state index is -0.162. The molecule has 0 bridgehead atoms. The molecule has 0 aromatic carbocycles. The predicted octanol–water partition coefficient (Wildman–Crippen LogP) is 1.33. The maximum atomic E-state index is 11.5. The first-order valence-electron chi connectivity index (χ1n) is 4.53. The number of thiophene rings is 1. The fourth-order valence-electron chi connectivity index (χ4n) is 1.00. The van der Waals surface area contributed by atoms with Crippen molar-refractivity contribution in [3.8, 4) is 0 Å². The summed E-state index contributed by atoms with van der Waals surface area (Å²) in [4.78, 5) is 23.6. The summed E-state index contributed by atoms with van der Waals surface area (Å²) in [7, 11) is 1.57. The van der Waals surface area contributed by atoms with Crippen LogP contribution in [0.15, 0.2) is 12.1 Å². The molecule has 4 nitrogen and oxygen atoms in total. The van der Waals surface area contributed by atoms with E-state index in [1.54, 1.807) is 19.2 Å². The molecular weight excluding hydrogens is 214 g/mol. The summed E-state index contributed by atoms with van der Waals surface area (Å²) in [5, 5.41) is 2.69. The zero-order valence-electron chi connectivity index (χ0n) is 8.70. The highest BCUT2D eigenvalue weighted by molar-refractivity contribution is 7.15. The van der Waals surface area contributed by atoms with Gasteiger partial charge in [-0.2, -0.15) is 0 Å². The van der Waals surface area contributed by atoms with Crippen LogP contribution in [0.1, 0.15) is 26.3 Å². The summed E-state index contributed by atoms with van der Waals surface area (Å²) >= 11 is 1.20. The van der Waals surface area contributed by atoms with E-state index in [0.29, 0.717) is 22.9 Å². The molecule has 0 atom stereocenters. The molecule has 0 aliphatic carbocycles. The Labute approximate surface area is 92.2 Å². The molecule has 0 saturated heterocycles. The number of Topliss-reactive ketones (excluding diaryl/α,β-unsaturated/α-hetero) is 1. The molecule has 0 saturated carbocycles. The number of hydrogen-bond acceptors (Lipinski definition) is 4. The molecule has 5 heteroatoms. The third kappa shape index (κ3) is 3.45. The Bertz CT molecular complexity index is 359. The second-order valence-electron chi connectivity index (χ2n) is 2.97. The number of methoxy groups -OCH3 is 1. The maximum Gasteiger partial charge on any atom is 0.261 e. The van der Waals surface area contributed by atoms with Gasteiger partial charge in [0, 0.05) is 13.7 Å². The average Bonchev–Trinajstić information content (AvgIpc) is 2.66. The van der Waals surface area contributed by atoms with Gasteiger partial charge < -0.3 is 10.1 Å². The fourth-order valence-corrected chi connectivity index (χ4v) is 1.82. The molecule has 82 valence electrons. The van der Waals surface area contributed by atoms with E-state index in [4.69, 9.17) is 4.74 Å². The monoisotopic (exact) mass is 227 g/mol. The minimum absolute atomic E-state index is 0.0176. The Hall–Kier alpha value is -1.20. The summed E-state index contributed by atoms with van der Waals surface area (Å²) < 4.78 is 4.81. The number of ether oxygens (including phenoxy) is 1. The molecule has 0 aliphatic heterocycles. The standard InChI is InChI=1S/C10H13NO3S/c1-7(12)8-3-4-9(15-8)10(13)11-5-6-14-2/h3-4H,5-6H2,1-2H3,(H,11,13). The van der Waals surface area contributed by atoms with E-state index in [1.165, 1.54) is 18.3 Å². The fraction of sp³-hybridized carbons (Fsp3) is 0.400. The Morgan fingerprint density at radius 3 is 2.60 bits per heavy atom.